The number of benzene rings is 2. The van der Waals surface area contributed by atoms with Crippen LogP contribution in [0.3, 0.4) is 0 Å². The van der Waals surface area contributed by atoms with E-state index in [0.717, 1.165) is 57.2 Å². The molecule has 18 heteroatoms. The third kappa shape index (κ3) is 9.25. The molecule has 1 saturated heterocycles. The number of aryl methyl sites for hydroxylation is 2. The van der Waals surface area contributed by atoms with Gasteiger partial charge in [-0.3, -0.25) is 34.1 Å². The van der Waals surface area contributed by atoms with E-state index in [0.29, 0.717) is 75.6 Å². The summed E-state index contributed by atoms with van der Waals surface area (Å²) in [5.41, 5.74) is 6.55. The van der Waals surface area contributed by atoms with E-state index in [2.05, 4.69) is 46.1 Å². The highest BCUT2D eigenvalue weighted by molar-refractivity contribution is 7.15. The van der Waals surface area contributed by atoms with Gasteiger partial charge in [0.05, 0.1) is 64.4 Å². The molecule has 0 saturated carbocycles. The van der Waals surface area contributed by atoms with Crippen molar-refractivity contribution in [1.82, 2.24) is 35.6 Å². The Kier molecular flexibility index (Phi) is 13.9. The Hall–Kier alpha value is -4.88. The van der Waals surface area contributed by atoms with Gasteiger partial charge in [-0.05, 0) is 74.9 Å². The van der Waals surface area contributed by atoms with Crippen molar-refractivity contribution < 1.29 is 38.1 Å². The number of halogens is 1. The molecule has 1 aliphatic carbocycles. The molecule has 62 heavy (non-hydrogen) atoms. The van der Waals surface area contributed by atoms with Crippen molar-refractivity contribution in [2.24, 2.45) is 4.99 Å². The number of aliphatic imine (C=N–C) groups is 1. The number of aromatic nitrogens is 3. The fourth-order valence-electron chi connectivity index (χ4n) is 8.70. The van der Waals surface area contributed by atoms with Crippen LogP contribution in [-0.2, 0) is 33.3 Å². The van der Waals surface area contributed by atoms with Gasteiger partial charge in [0.25, 0.3) is 5.91 Å². The summed E-state index contributed by atoms with van der Waals surface area (Å²) in [6, 6.07) is 12.1. The van der Waals surface area contributed by atoms with Crippen LogP contribution in [0.4, 0.5) is 0 Å². The van der Waals surface area contributed by atoms with Crippen LogP contribution in [0.1, 0.15) is 105 Å². The number of nitrogens with one attached hydrogen (secondary N) is 3. The smallest absolute Gasteiger partial charge is 0.255 e. The molecule has 4 amide bonds. The summed E-state index contributed by atoms with van der Waals surface area (Å²) in [4.78, 5) is 59.0. The molecule has 328 valence electrons. The molecule has 8 rings (SSSR count). The fourth-order valence-corrected chi connectivity index (χ4v) is 10.0. The van der Waals surface area contributed by atoms with Gasteiger partial charge < -0.3 is 34.5 Å². The lowest BCUT2D eigenvalue weighted by atomic mass is 9.83. The van der Waals surface area contributed by atoms with E-state index >= 15 is 0 Å². The van der Waals surface area contributed by atoms with Gasteiger partial charge in [-0.25, -0.2) is 0 Å². The Morgan fingerprint density at radius 3 is 2.35 bits per heavy atom. The van der Waals surface area contributed by atoms with Crippen LogP contribution in [0.15, 0.2) is 47.5 Å². The summed E-state index contributed by atoms with van der Waals surface area (Å²) < 4.78 is 24.7. The molecule has 3 N–H and O–H groups in total. The minimum atomic E-state index is -0.630. The van der Waals surface area contributed by atoms with Gasteiger partial charge in [-0.15, -0.1) is 21.5 Å². The molecular formula is C44H51ClN8O8S. The normalized spacial score (nSPS) is 20.4. The van der Waals surface area contributed by atoms with Gasteiger partial charge in [0.2, 0.25) is 17.7 Å². The maximum absolute atomic E-state index is 13.4. The average Bonchev–Trinajstić information content (AvgIpc) is 3.85. The van der Waals surface area contributed by atoms with E-state index in [9.17, 15) is 19.2 Å². The van der Waals surface area contributed by atoms with Gasteiger partial charge in [-0.1, -0.05) is 35.9 Å². The Balaban J connectivity index is 0.694. The summed E-state index contributed by atoms with van der Waals surface area (Å²) in [7, 11) is 0. The summed E-state index contributed by atoms with van der Waals surface area (Å²) in [6.45, 7) is 9.55. The number of carbonyl (C=O) groups excluding carboxylic acids is 4. The summed E-state index contributed by atoms with van der Waals surface area (Å²) >= 11 is 7.88. The van der Waals surface area contributed by atoms with E-state index < -0.39 is 18.0 Å². The quantitative estimate of drug-likeness (QED) is 0.0670. The van der Waals surface area contributed by atoms with Crippen molar-refractivity contribution >= 4 is 52.3 Å². The van der Waals surface area contributed by atoms with Crippen molar-refractivity contribution in [3.05, 3.63) is 97.4 Å². The van der Waals surface area contributed by atoms with E-state index in [-0.39, 0.29) is 49.4 Å². The molecule has 16 nitrogen and oxygen atoms in total. The lowest BCUT2D eigenvalue weighted by Gasteiger charge is -2.38. The van der Waals surface area contributed by atoms with Crippen LogP contribution < -0.4 is 16.0 Å². The van der Waals surface area contributed by atoms with Crippen molar-refractivity contribution in [2.75, 3.05) is 59.5 Å². The number of fused-ring (bicyclic) bond motifs is 3. The van der Waals surface area contributed by atoms with Crippen molar-refractivity contribution in [3.8, 4) is 5.00 Å². The van der Waals surface area contributed by atoms with E-state index in [1.807, 2.05) is 47.9 Å². The molecule has 2 aromatic carbocycles. The molecule has 4 atom stereocenters. The molecule has 4 aromatic rings. The monoisotopic (exact) mass is 886 g/mol. The molecule has 1 fully saturated rings. The van der Waals surface area contributed by atoms with Crippen molar-refractivity contribution in [1.29, 1.82) is 0 Å². The minimum Gasteiger partial charge on any atom is -0.378 e. The first-order valence-corrected chi connectivity index (χ1v) is 22.3. The molecule has 4 aliphatic rings. The minimum absolute atomic E-state index is 0.0282. The summed E-state index contributed by atoms with van der Waals surface area (Å²) in [5.74, 6) is 0.293. The van der Waals surface area contributed by atoms with Gasteiger partial charge in [0, 0.05) is 45.6 Å². The topological polar surface area (TPSA) is 188 Å². The first-order chi connectivity index (χ1) is 30.1. The largest absolute Gasteiger partial charge is 0.378 e. The maximum atomic E-state index is 13.4. The van der Waals surface area contributed by atoms with Crippen molar-refractivity contribution in [3.63, 3.8) is 0 Å². The molecule has 5 heterocycles. The second kappa shape index (κ2) is 19.7. The zero-order chi connectivity index (χ0) is 43.3. The van der Waals surface area contributed by atoms with E-state index in [1.165, 1.54) is 4.88 Å². The molecule has 2 aromatic heterocycles. The van der Waals surface area contributed by atoms with E-state index in [1.54, 1.807) is 16.2 Å². The SMILES string of the molecule is Cc1sc2c(c1C)C(c1ccc(Cl)cc1)=N[C@@H](CC(=O)NCOCCOCCOCCOCCNC1CCC3c4c(cccc41)C(=O)N3C1CCC(=O)NC1=O)c1nnc(C)n1-2. The third-order valence-corrected chi connectivity index (χ3v) is 13.2. The highest BCUT2D eigenvalue weighted by Crippen LogP contribution is 2.47. The number of hydrogen-bond donors (Lipinski definition) is 3. The highest BCUT2D eigenvalue weighted by atomic mass is 35.5. The second-order valence-corrected chi connectivity index (χ2v) is 17.3. The third-order valence-electron chi connectivity index (χ3n) is 11.8. The van der Waals surface area contributed by atoms with Crippen LogP contribution in [0, 0.1) is 20.8 Å². The maximum Gasteiger partial charge on any atom is 0.255 e. The summed E-state index contributed by atoms with van der Waals surface area (Å²) in [5, 5.41) is 19.2. The Morgan fingerprint density at radius 2 is 1.61 bits per heavy atom. The Bertz CT molecular complexity index is 2350. The van der Waals surface area contributed by atoms with Crippen LogP contribution in [0.2, 0.25) is 5.02 Å². The number of imide groups is 1. The van der Waals surface area contributed by atoms with Crippen LogP contribution in [0.5, 0.6) is 0 Å². The predicted molar refractivity (Wildman–Crippen MR) is 231 cm³/mol. The number of nitrogens with zero attached hydrogens (tertiary/aromatic N) is 5. The van der Waals surface area contributed by atoms with Crippen LogP contribution >= 0.6 is 22.9 Å². The Labute approximate surface area is 368 Å². The second-order valence-electron chi connectivity index (χ2n) is 15.7. The molecule has 3 aliphatic heterocycles. The fraction of sp³-hybridized carbons (Fsp3) is 0.477. The standard InChI is InChI=1S/C44H51ClN8O8S/c1-25-26(2)62-44-38(25)40(28-7-9-29(45)10-8-28)48-33(41-51-50-27(3)52(41)44)23-37(55)47-24-61-22-21-60-20-19-59-18-17-58-16-15-46-32-11-12-34-39-30(32)5-4-6-31(39)43(57)53(34)35-13-14-36(54)49-42(35)56/h4-10,32-35,46H,11-24H2,1-3H3,(H,47,55)(H,49,54,56)/t32?,33-,34?,35?/m0/s1. The van der Waals surface area contributed by atoms with Gasteiger partial charge in [0.15, 0.2) is 5.82 Å². The van der Waals surface area contributed by atoms with Gasteiger partial charge in [-0.2, -0.15) is 0 Å². The zero-order valence-corrected chi connectivity index (χ0v) is 36.6. The number of thiophene rings is 1. The first-order valence-electron chi connectivity index (χ1n) is 21.1. The average molecular weight is 887 g/mol. The molecule has 0 radical (unpaired) electrons. The molecular weight excluding hydrogens is 836 g/mol. The first kappa shape index (κ1) is 43.8. The Morgan fingerprint density at radius 1 is 0.887 bits per heavy atom. The zero-order valence-electron chi connectivity index (χ0n) is 35.0. The lowest BCUT2D eigenvalue weighted by Crippen LogP contribution is -2.53. The van der Waals surface area contributed by atoms with Crippen molar-refractivity contribution in [2.45, 2.75) is 77.0 Å². The lowest BCUT2D eigenvalue weighted by molar-refractivity contribution is -0.137. The number of rotatable bonds is 19. The van der Waals surface area contributed by atoms with Crippen LogP contribution in [-0.4, -0.2) is 115 Å². The molecule has 3 unspecified atom stereocenters. The van der Waals surface area contributed by atoms with Gasteiger partial charge in [0.1, 0.15) is 29.6 Å². The predicted octanol–water partition coefficient (Wildman–Crippen LogP) is 4.76. The molecule has 0 bridgehead atoms. The summed E-state index contributed by atoms with van der Waals surface area (Å²) in [6.07, 6.45) is 2.19. The number of amides is 4. The number of carbonyl (C=O) groups is 4. The highest BCUT2D eigenvalue weighted by Gasteiger charge is 2.47. The number of piperidine rings is 1. The van der Waals surface area contributed by atoms with Gasteiger partial charge >= 0.3 is 0 Å². The van der Waals surface area contributed by atoms with Crippen LogP contribution in [0.25, 0.3) is 5.00 Å². The van der Waals surface area contributed by atoms with E-state index in [4.69, 9.17) is 35.5 Å². The molecule has 0 spiro atoms. The number of ether oxygens (including phenoxy) is 4. The number of hydrogen-bond acceptors (Lipinski definition) is 13.